The van der Waals surface area contributed by atoms with Crippen LogP contribution in [0.1, 0.15) is 22.9 Å². The van der Waals surface area contributed by atoms with Crippen LogP contribution in [0.4, 0.5) is 0 Å². The summed E-state index contributed by atoms with van der Waals surface area (Å²) >= 11 is 0. The molecule has 0 saturated heterocycles. The van der Waals surface area contributed by atoms with Gasteiger partial charge in [0.25, 0.3) is 0 Å². The number of fused-ring (bicyclic) bond motifs is 1. The van der Waals surface area contributed by atoms with E-state index < -0.39 is 0 Å². The number of hydrogen-bond acceptors (Lipinski definition) is 3. The van der Waals surface area contributed by atoms with Gasteiger partial charge in [0, 0.05) is 36.9 Å². The first-order valence-electron chi connectivity index (χ1n) is 8.04. The van der Waals surface area contributed by atoms with E-state index in [1.54, 1.807) is 0 Å². The van der Waals surface area contributed by atoms with E-state index in [1.807, 2.05) is 78.8 Å². The number of imidazole rings is 2. The zero-order valence-corrected chi connectivity index (χ0v) is 14.4. The number of rotatable bonds is 1. The summed E-state index contributed by atoms with van der Waals surface area (Å²) in [5.74, 6) is 6.95. The van der Waals surface area contributed by atoms with Crippen LogP contribution in [0, 0.1) is 25.7 Å². The first-order valence-corrected chi connectivity index (χ1v) is 8.04. The Morgan fingerprint density at radius 2 is 1.76 bits per heavy atom. The molecule has 0 aliphatic rings. The Bertz CT molecular complexity index is 1080. The zero-order valence-electron chi connectivity index (χ0n) is 14.4. The molecule has 4 aromatic rings. The monoisotopic (exact) mass is 327 g/mol. The van der Waals surface area contributed by atoms with Gasteiger partial charge in [-0.25, -0.2) is 9.97 Å². The minimum atomic E-state index is 0.711. The van der Waals surface area contributed by atoms with Crippen molar-refractivity contribution in [3.63, 3.8) is 0 Å². The van der Waals surface area contributed by atoms with Gasteiger partial charge in [-0.1, -0.05) is 30.3 Å². The summed E-state index contributed by atoms with van der Waals surface area (Å²) in [6.45, 7) is 3.95. The predicted molar refractivity (Wildman–Crippen MR) is 97.1 cm³/mol. The van der Waals surface area contributed by atoms with Crippen molar-refractivity contribution in [1.82, 2.24) is 23.9 Å². The van der Waals surface area contributed by atoms with Gasteiger partial charge >= 0.3 is 0 Å². The van der Waals surface area contributed by atoms with Crippen molar-refractivity contribution in [2.24, 2.45) is 7.05 Å². The van der Waals surface area contributed by atoms with Gasteiger partial charge in [-0.2, -0.15) is 0 Å². The molecule has 0 saturated carbocycles. The Balaban J connectivity index is 1.71. The molecule has 0 aliphatic carbocycles. The van der Waals surface area contributed by atoms with Crippen LogP contribution in [0.25, 0.3) is 16.9 Å². The second kappa shape index (κ2) is 5.91. The number of nitrogens with zero attached hydrogens (tertiary/aromatic N) is 5. The average molecular weight is 327 g/mol. The summed E-state index contributed by atoms with van der Waals surface area (Å²) in [5.41, 5.74) is 5.47. The minimum absolute atomic E-state index is 0.711. The van der Waals surface area contributed by atoms with Crippen molar-refractivity contribution in [2.45, 2.75) is 13.8 Å². The molecule has 5 nitrogen and oxygen atoms in total. The SMILES string of the molecule is Cc1ncc(C)n2cc(C#Cc3nc(-c4ccccc4)cn3C)nc12. The van der Waals surface area contributed by atoms with Crippen molar-refractivity contribution in [3.8, 4) is 23.1 Å². The van der Waals surface area contributed by atoms with Gasteiger partial charge in [-0.3, -0.25) is 9.38 Å². The van der Waals surface area contributed by atoms with Crippen LogP contribution in [0.3, 0.4) is 0 Å². The Kier molecular flexibility index (Phi) is 3.58. The van der Waals surface area contributed by atoms with Gasteiger partial charge in [0.15, 0.2) is 11.5 Å². The maximum absolute atomic E-state index is 4.63. The summed E-state index contributed by atoms with van der Waals surface area (Å²) in [7, 11) is 1.95. The standard InChI is InChI=1S/C20H17N5/c1-14-11-21-15(2)20-22-17(12-25(14)20)9-10-19-23-18(13-24(19)3)16-7-5-4-6-8-16/h4-8,11-13H,1-3H3. The first-order chi connectivity index (χ1) is 12.1. The molecule has 122 valence electrons. The lowest BCUT2D eigenvalue weighted by molar-refractivity contribution is 0.893. The molecule has 0 amide bonds. The minimum Gasteiger partial charge on any atom is -0.327 e. The normalized spacial score (nSPS) is 10.7. The molecular weight excluding hydrogens is 310 g/mol. The maximum atomic E-state index is 4.63. The lowest BCUT2D eigenvalue weighted by Crippen LogP contribution is -1.94. The molecular formula is C20H17N5. The number of benzene rings is 1. The van der Waals surface area contributed by atoms with Gasteiger partial charge in [0.05, 0.1) is 11.4 Å². The quantitative estimate of drug-likeness (QED) is 0.505. The molecule has 0 atom stereocenters. The molecule has 25 heavy (non-hydrogen) atoms. The van der Waals surface area contributed by atoms with E-state index in [0.717, 1.165) is 28.3 Å². The van der Waals surface area contributed by atoms with E-state index in [2.05, 4.69) is 26.8 Å². The zero-order chi connectivity index (χ0) is 17.4. The molecule has 3 aromatic heterocycles. The molecule has 5 heteroatoms. The molecule has 0 spiro atoms. The van der Waals surface area contributed by atoms with Crippen LogP contribution in [-0.2, 0) is 7.05 Å². The van der Waals surface area contributed by atoms with Gasteiger partial charge < -0.3 is 4.57 Å². The number of aromatic nitrogens is 5. The Hall–Kier alpha value is -3.39. The summed E-state index contributed by atoms with van der Waals surface area (Å²) in [4.78, 5) is 13.5. The van der Waals surface area contributed by atoms with Crippen LogP contribution in [-0.4, -0.2) is 23.9 Å². The van der Waals surface area contributed by atoms with Crippen LogP contribution >= 0.6 is 0 Å². The van der Waals surface area contributed by atoms with Crippen LogP contribution in [0.15, 0.2) is 48.9 Å². The van der Waals surface area contributed by atoms with Crippen LogP contribution < -0.4 is 0 Å². The van der Waals surface area contributed by atoms with Crippen LogP contribution in [0.5, 0.6) is 0 Å². The maximum Gasteiger partial charge on any atom is 0.186 e. The van der Waals surface area contributed by atoms with Crippen molar-refractivity contribution in [1.29, 1.82) is 0 Å². The lowest BCUT2D eigenvalue weighted by Gasteiger charge is -1.99. The first kappa shape index (κ1) is 15.2. The second-order valence-electron chi connectivity index (χ2n) is 5.98. The van der Waals surface area contributed by atoms with Gasteiger partial charge in [0.2, 0.25) is 0 Å². The largest absolute Gasteiger partial charge is 0.327 e. The van der Waals surface area contributed by atoms with E-state index >= 15 is 0 Å². The highest BCUT2D eigenvalue weighted by molar-refractivity contribution is 5.59. The van der Waals surface area contributed by atoms with Crippen molar-refractivity contribution >= 4 is 5.65 Å². The number of hydrogen-bond donors (Lipinski definition) is 0. The molecule has 3 heterocycles. The Morgan fingerprint density at radius 1 is 0.960 bits per heavy atom. The second-order valence-corrected chi connectivity index (χ2v) is 5.98. The molecule has 0 bridgehead atoms. The van der Waals surface area contributed by atoms with E-state index in [0.29, 0.717) is 11.5 Å². The number of aryl methyl sites for hydroxylation is 3. The molecule has 0 aliphatic heterocycles. The fraction of sp³-hybridized carbons (Fsp3) is 0.150. The summed E-state index contributed by atoms with van der Waals surface area (Å²) in [6.07, 6.45) is 5.76. The Morgan fingerprint density at radius 3 is 2.52 bits per heavy atom. The van der Waals surface area contributed by atoms with E-state index in [4.69, 9.17) is 0 Å². The Labute approximate surface area is 146 Å². The predicted octanol–water partition coefficient (Wildman–Crippen LogP) is 3.15. The van der Waals surface area contributed by atoms with Crippen molar-refractivity contribution < 1.29 is 0 Å². The van der Waals surface area contributed by atoms with Crippen LogP contribution in [0.2, 0.25) is 0 Å². The highest BCUT2D eigenvalue weighted by Crippen LogP contribution is 2.17. The highest BCUT2D eigenvalue weighted by atomic mass is 15.0. The summed E-state index contributed by atoms with van der Waals surface area (Å²) in [6, 6.07) is 10.1. The third kappa shape index (κ3) is 2.79. The van der Waals surface area contributed by atoms with Crippen molar-refractivity contribution in [2.75, 3.05) is 0 Å². The smallest absolute Gasteiger partial charge is 0.186 e. The van der Waals surface area contributed by atoms with E-state index in [-0.39, 0.29) is 0 Å². The molecule has 0 radical (unpaired) electrons. The van der Waals surface area contributed by atoms with Gasteiger partial charge in [-0.05, 0) is 25.7 Å². The third-order valence-electron chi connectivity index (χ3n) is 4.10. The topological polar surface area (TPSA) is 48.0 Å². The van der Waals surface area contributed by atoms with E-state index in [1.165, 1.54) is 0 Å². The average Bonchev–Trinajstić information content (AvgIpc) is 3.22. The van der Waals surface area contributed by atoms with Gasteiger partial charge in [-0.15, -0.1) is 0 Å². The molecule has 0 fully saturated rings. The lowest BCUT2D eigenvalue weighted by atomic mass is 10.2. The van der Waals surface area contributed by atoms with E-state index in [9.17, 15) is 0 Å². The third-order valence-corrected chi connectivity index (χ3v) is 4.10. The fourth-order valence-electron chi connectivity index (χ4n) is 2.73. The molecule has 0 N–H and O–H groups in total. The van der Waals surface area contributed by atoms with Gasteiger partial charge in [0.1, 0.15) is 5.69 Å². The highest BCUT2D eigenvalue weighted by Gasteiger charge is 2.07. The molecule has 4 rings (SSSR count). The summed E-state index contributed by atoms with van der Waals surface area (Å²) < 4.78 is 3.95. The molecule has 0 unspecified atom stereocenters. The summed E-state index contributed by atoms with van der Waals surface area (Å²) in [5, 5.41) is 0. The molecule has 1 aromatic carbocycles. The fourth-order valence-corrected chi connectivity index (χ4v) is 2.73. The van der Waals surface area contributed by atoms with Crippen molar-refractivity contribution in [3.05, 3.63) is 71.8 Å².